The standard InChI is InChI=1S/C16H23Cl/c1-13-7-10-15(11-8-13)16(17)12-9-14-5-3-2-4-6-14/h7-8,10-11,14,16H,2-6,9,12H2,1H3. The Morgan fingerprint density at radius 1 is 1.12 bits per heavy atom. The van der Waals surface area contributed by atoms with Gasteiger partial charge in [-0.1, -0.05) is 61.9 Å². The number of halogens is 1. The smallest absolute Gasteiger partial charge is 0.0585 e. The zero-order valence-corrected chi connectivity index (χ0v) is 11.5. The summed E-state index contributed by atoms with van der Waals surface area (Å²) < 4.78 is 0. The first kappa shape index (κ1) is 13.0. The maximum Gasteiger partial charge on any atom is 0.0585 e. The van der Waals surface area contributed by atoms with Crippen LogP contribution in [0.5, 0.6) is 0 Å². The molecular weight excluding hydrogens is 228 g/mol. The third-order valence-electron chi connectivity index (χ3n) is 3.99. The molecule has 0 heterocycles. The number of hydrogen-bond donors (Lipinski definition) is 0. The van der Waals surface area contributed by atoms with Crippen molar-refractivity contribution in [2.24, 2.45) is 5.92 Å². The molecule has 1 aliphatic rings. The van der Waals surface area contributed by atoms with Gasteiger partial charge in [-0.15, -0.1) is 11.6 Å². The van der Waals surface area contributed by atoms with Crippen LogP contribution in [0.4, 0.5) is 0 Å². The third-order valence-corrected chi connectivity index (χ3v) is 4.46. The first-order chi connectivity index (χ1) is 8.25. The molecule has 1 saturated carbocycles. The second kappa shape index (κ2) is 6.44. The lowest BCUT2D eigenvalue weighted by molar-refractivity contribution is 0.331. The largest absolute Gasteiger partial charge is 0.118 e. The van der Waals surface area contributed by atoms with Crippen molar-refractivity contribution in [2.75, 3.05) is 0 Å². The van der Waals surface area contributed by atoms with Gasteiger partial charge in [-0.3, -0.25) is 0 Å². The minimum atomic E-state index is 0.206. The molecule has 0 aromatic heterocycles. The summed E-state index contributed by atoms with van der Waals surface area (Å²) in [5.74, 6) is 0.940. The van der Waals surface area contributed by atoms with Gasteiger partial charge in [0, 0.05) is 0 Å². The highest BCUT2D eigenvalue weighted by Crippen LogP contribution is 2.32. The molecule has 1 heteroatoms. The Hall–Kier alpha value is -0.490. The topological polar surface area (TPSA) is 0 Å². The van der Waals surface area contributed by atoms with Gasteiger partial charge in [-0.25, -0.2) is 0 Å². The zero-order chi connectivity index (χ0) is 12.1. The summed E-state index contributed by atoms with van der Waals surface area (Å²) in [5.41, 5.74) is 2.60. The van der Waals surface area contributed by atoms with E-state index < -0.39 is 0 Å². The average molecular weight is 251 g/mol. The van der Waals surface area contributed by atoms with Crippen LogP contribution < -0.4 is 0 Å². The van der Waals surface area contributed by atoms with Crippen molar-refractivity contribution in [1.29, 1.82) is 0 Å². The summed E-state index contributed by atoms with van der Waals surface area (Å²) in [7, 11) is 0. The van der Waals surface area contributed by atoms with Gasteiger partial charge in [0.15, 0.2) is 0 Å². The highest BCUT2D eigenvalue weighted by molar-refractivity contribution is 6.20. The van der Waals surface area contributed by atoms with E-state index >= 15 is 0 Å². The lowest BCUT2D eigenvalue weighted by Crippen LogP contribution is -2.07. The van der Waals surface area contributed by atoms with Crippen molar-refractivity contribution in [1.82, 2.24) is 0 Å². The minimum Gasteiger partial charge on any atom is -0.118 e. The SMILES string of the molecule is Cc1ccc(C(Cl)CCC2CCCCC2)cc1. The van der Waals surface area contributed by atoms with Gasteiger partial charge in [0.1, 0.15) is 0 Å². The Balaban J connectivity index is 1.80. The average Bonchev–Trinajstić information content (AvgIpc) is 2.38. The van der Waals surface area contributed by atoms with Gasteiger partial charge in [0.25, 0.3) is 0 Å². The van der Waals surface area contributed by atoms with Crippen LogP contribution in [0.25, 0.3) is 0 Å². The number of rotatable bonds is 4. The molecule has 94 valence electrons. The summed E-state index contributed by atoms with van der Waals surface area (Å²) in [6.45, 7) is 2.12. The highest BCUT2D eigenvalue weighted by atomic mass is 35.5. The molecule has 1 unspecified atom stereocenters. The fourth-order valence-electron chi connectivity index (χ4n) is 2.80. The Kier molecular flexibility index (Phi) is 4.91. The Labute approximate surface area is 110 Å². The van der Waals surface area contributed by atoms with Gasteiger partial charge >= 0.3 is 0 Å². The van der Waals surface area contributed by atoms with Crippen LogP contribution in [0.15, 0.2) is 24.3 Å². The van der Waals surface area contributed by atoms with Crippen molar-refractivity contribution in [3.63, 3.8) is 0 Å². The second-order valence-electron chi connectivity index (χ2n) is 5.46. The van der Waals surface area contributed by atoms with Crippen LogP contribution in [0.1, 0.15) is 61.4 Å². The second-order valence-corrected chi connectivity index (χ2v) is 5.99. The van der Waals surface area contributed by atoms with Gasteiger partial charge in [0.05, 0.1) is 5.38 Å². The normalized spacial score (nSPS) is 19.2. The lowest BCUT2D eigenvalue weighted by Gasteiger charge is -2.22. The van der Waals surface area contributed by atoms with Gasteiger partial charge in [-0.2, -0.15) is 0 Å². The van der Waals surface area contributed by atoms with Crippen molar-refractivity contribution >= 4 is 11.6 Å². The predicted octanol–water partition coefficient (Wildman–Crippen LogP) is 5.64. The summed E-state index contributed by atoms with van der Waals surface area (Å²) in [6.07, 6.45) is 9.61. The number of benzene rings is 1. The van der Waals surface area contributed by atoms with Crippen molar-refractivity contribution in [3.8, 4) is 0 Å². The Morgan fingerprint density at radius 3 is 2.41 bits per heavy atom. The molecule has 1 aromatic rings. The van der Waals surface area contributed by atoms with Crippen molar-refractivity contribution < 1.29 is 0 Å². The predicted molar refractivity (Wildman–Crippen MR) is 75.6 cm³/mol. The molecule has 1 atom stereocenters. The molecule has 17 heavy (non-hydrogen) atoms. The Bertz CT molecular complexity index is 322. The molecule has 0 spiro atoms. The quantitative estimate of drug-likeness (QED) is 0.607. The molecule has 1 fully saturated rings. The van der Waals surface area contributed by atoms with E-state index in [0.29, 0.717) is 0 Å². The van der Waals surface area contributed by atoms with E-state index in [2.05, 4.69) is 31.2 Å². The van der Waals surface area contributed by atoms with E-state index in [-0.39, 0.29) is 5.38 Å². The fourth-order valence-corrected chi connectivity index (χ4v) is 3.07. The molecule has 0 saturated heterocycles. The van der Waals surface area contributed by atoms with Gasteiger partial charge in [0.2, 0.25) is 0 Å². The van der Waals surface area contributed by atoms with Gasteiger partial charge < -0.3 is 0 Å². The maximum atomic E-state index is 6.48. The molecule has 0 nitrogen and oxygen atoms in total. The Morgan fingerprint density at radius 2 is 1.76 bits per heavy atom. The van der Waals surface area contributed by atoms with Crippen molar-refractivity contribution in [3.05, 3.63) is 35.4 Å². The van der Waals surface area contributed by atoms with Crippen LogP contribution in [-0.2, 0) is 0 Å². The molecule has 0 bridgehead atoms. The monoisotopic (exact) mass is 250 g/mol. The maximum absolute atomic E-state index is 6.48. The number of hydrogen-bond acceptors (Lipinski definition) is 0. The third kappa shape index (κ3) is 4.03. The molecule has 1 aliphatic carbocycles. The zero-order valence-electron chi connectivity index (χ0n) is 10.8. The van der Waals surface area contributed by atoms with E-state index in [1.165, 1.54) is 49.7 Å². The minimum absolute atomic E-state index is 0.206. The van der Waals surface area contributed by atoms with Crippen LogP contribution in [-0.4, -0.2) is 0 Å². The summed E-state index contributed by atoms with van der Waals surface area (Å²) in [6, 6.07) is 8.67. The van der Waals surface area contributed by atoms with Crippen molar-refractivity contribution in [2.45, 2.75) is 57.2 Å². The summed E-state index contributed by atoms with van der Waals surface area (Å²) in [4.78, 5) is 0. The first-order valence-corrected chi connectivity index (χ1v) is 7.40. The van der Waals surface area contributed by atoms with Crippen LogP contribution in [0.3, 0.4) is 0 Å². The van der Waals surface area contributed by atoms with E-state index in [4.69, 9.17) is 11.6 Å². The number of alkyl halides is 1. The van der Waals surface area contributed by atoms with Gasteiger partial charge in [-0.05, 0) is 31.2 Å². The van der Waals surface area contributed by atoms with E-state index in [9.17, 15) is 0 Å². The molecule has 1 aromatic carbocycles. The molecule has 2 rings (SSSR count). The summed E-state index contributed by atoms with van der Waals surface area (Å²) >= 11 is 6.48. The van der Waals surface area contributed by atoms with E-state index in [1.54, 1.807) is 0 Å². The summed E-state index contributed by atoms with van der Waals surface area (Å²) in [5, 5.41) is 0.206. The molecule has 0 aliphatic heterocycles. The van der Waals surface area contributed by atoms with Crippen LogP contribution in [0.2, 0.25) is 0 Å². The van der Waals surface area contributed by atoms with E-state index in [1.807, 2.05) is 0 Å². The van der Waals surface area contributed by atoms with Crippen LogP contribution in [0, 0.1) is 12.8 Å². The molecule has 0 radical (unpaired) electrons. The molecular formula is C16H23Cl. The van der Waals surface area contributed by atoms with E-state index in [0.717, 1.165) is 12.3 Å². The highest BCUT2D eigenvalue weighted by Gasteiger charge is 2.15. The molecule has 0 amide bonds. The first-order valence-electron chi connectivity index (χ1n) is 6.96. The number of aryl methyl sites for hydroxylation is 1. The fraction of sp³-hybridized carbons (Fsp3) is 0.625. The van der Waals surface area contributed by atoms with Crippen LogP contribution >= 0.6 is 11.6 Å². The molecule has 0 N–H and O–H groups in total. The lowest BCUT2D eigenvalue weighted by atomic mass is 9.85.